The van der Waals surface area contributed by atoms with E-state index in [4.69, 9.17) is 5.73 Å². The van der Waals surface area contributed by atoms with Gasteiger partial charge in [0.1, 0.15) is 0 Å². The quantitative estimate of drug-likeness (QED) is 0.163. The second-order valence-electron chi connectivity index (χ2n) is 13.9. The molecule has 2 aliphatic rings. The minimum atomic E-state index is 0.106. The molecule has 0 aliphatic carbocycles. The minimum Gasteiger partial charge on any atom is -0.399 e. The predicted octanol–water partition coefficient (Wildman–Crippen LogP) is 9.13. The lowest BCUT2D eigenvalue weighted by Crippen LogP contribution is -2.34. The number of carbonyl (C=O) groups excluding carboxylic acids is 2. The number of thiophene rings is 2. The molecule has 0 saturated carbocycles. The van der Waals surface area contributed by atoms with Gasteiger partial charge in [0, 0.05) is 96.2 Å². The Balaban J connectivity index is 0.000000152. The molecule has 3 N–H and O–H groups in total. The third-order valence-corrected chi connectivity index (χ3v) is 12.7. The predicted molar refractivity (Wildman–Crippen MR) is 228 cm³/mol. The molecule has 0 radical (unpaired) electrons. The van der Waals surface area contributed by atoms with E-state index in [2.05, 4.69) is 119 Å². The van der Waals surface area contributed by atoms with Crippen LogP contribution in [-0.4, -0.2) is 97.9 Å². The van der Waals surface area contributed by atoms with Crippen LogP contribution >= 0.6 is 38.6 Å². The molecule has 4 heterocycles. The number of amides is 2. The molecule has 2 fully saturated rings. The van der Waals surface area contributed by atoms with Gasteiger partial charge in [-0.25, -0.2) is 0 Å². The summed E-state index contributed by atoms with van der Waals surface area (Å²) in [5.74, 6) is 0.233. The number of nitrogen functional groups attached to an aromatic ring is 1. The summed E-state index contributed by atoms with van der Waals surface area (Å²) in [5.41, 5.74) is 9.88. The molecule has 2 amide bonds. The summed E-state index contributed by atoms with van der Waals surface area (Å²) in [6, 6.07) is 32.6. The number of hydrogen-bond donors (Lipinski definition) is 2. The first-order valence-corrected chi connectivity index (χ1v) is 20.3. The fraction of sp³-hybridized carbons (Fsp3) is 0.286. The number of fused-ring (bicyclic) bond motifs is 2. The summed E-state index contributed by atoms with van der Waals surface area (Å²) in [4.78, 5) is 33.1. The Morgan fingerprint density at radius 3 is 1.66 bits per heavy atom. The number of anilines is 3. The van der Waals surface area contributed by atoms with Gasteiger partial charge < -0.3 is 30.7 Å². The molecule has 8 rings (SSSR count). The number of nitrogens with one attached hydrogen (secondary N) is 1. The average Bonchev–Trinajstić information content (AvgIpc) is 4.00. The van der Waals surface area contributed by atoms with E-state index in [1.54, 1.807) is 46.9 Å². The van der Waals surface area contributed by atoms with Crippen LogP contribution in [0.1, 0.15) is 33.6 Å². The van der Waals surface area contributed by atoms with Crippen LogP contribution in [0.5, 0.6) is 0 Å². The molecule has 0 bridgehead atoms. The summed E-state index contributed by atoms with van der Waals surface area (Å²) >= 11 is 6.98. The van der Waals surface area contributed by atoms with Crippen LogP contribution < -0.4 is 11.1 Å². The molecule has 6 aromatic rings. The largest absolute Gasteiger partial charge is 0.399 e. The number of likely N-dealkylation sites (N-methyl/N-ethyl adjacent to an activating group) is 2. The van der Waals surface area contributed by atoms with E-state index in [1.165, 1.54) is 24.6 Å². The first-order chi connectivity index (χ1) is 25.6. The Hall–Kier alpha value is -4.26. The Morgan fingerprint density at radius 2 is 1.15 bits per heavy atom. The van der Waals surface area contributed by atoms with Crippen molar-refractivity contribution in [3.05, 3.63) is 123 Å². The van der Waals surface area contributed by atoms with Crippen molar-refractivity contribution in [3.63, 3.8) is 0 Å². The first-order valence-electron chi connectivity index (χ1n) is 17.8. The highest BCUT2D eigenvalue weighted by molar-refractivity contribution is 9.10. The lowest BCUT2D eigenvalue weighted by Gasteiger charge is -2.20. The van der Waals surface area contributed by atoms with Crippen molar-refractivity contribution in [1.82, 2.24) is 19.6 Å². The second kappa shape index (κ2) is 17.7. The lowest BCUT2D eigenvalue weighted by atomic mass is 10.1. The third-order valence-electron chi connectivity index (χ3n) is 9.84. The maximum Gasteiger partial charge on any atom is 0.253 e. The van der Waals surface area contributed by atoms with Crippen molar-refractivity contribution in [1.29, 1.82) is 0 Å². The van der Waals surface area contributed by atoms with E-state index >= 15 is 0 Å². The smallest absolute Gasteiger partial charge is 0.253 e. The van der Waals surface area contributed by atoms with Crippen molar-refractivity contribution in [2.75, 3.05) is 65.4 Å². The van der Waals surface area contributed by atoms with E-state index in [0.29, 0.717) is 17.8 Å². The summed E-state index contributed by atoms with van der Waals surface area (Å²) in [6.45, 7) is 3.30. The Morgan fingerprint density at radius 1 is 0.679 bits per heavy atom. The number of likely N-dealkylation sites (tertiary alicyclic amines) is 2. The van der Waals surface area contributed by atoms with Gasteiger partial charge in [-0.1, -0.05) is 36.4 Å². The third kappa shape index (κ3) is 9.65. The molecule has 276 valence electrons. The zero-order chi connectivity index (χ0) is 37.5. The topological polar surface area (TPSA) is 85.2 Å². The van der Waals surface area contributed by atoms with E-state index in [9.17, 15) is 9.59 Å². The Bertz CT molecular complexity index is 2130. The monoisotopic (exact) mass is 810 g/mol. The van der Waals surface area contributed by atoms with Crippen LogP contribution in [0.3, 0.4) is 0 Å². The zero-order valence-corrected chi connectivity index (χ0v) is 33.9. The molecule has 11 heteroatoms. The van der Waals surface area contributed by atoms with E-state index < -0.39 is 0 Å². The molecule has 2 aliphatic heterocycles. The Kier molecular flexibility index (Phi) is 12.9. The number of rotatable bonds is 6. The maximum absolute atomic E-state index is 12.7. The molecule has 53 heavy (non-hydrogen) atoms. The number of nitrogens with two attached hydrogens (primary N) is 1. The number of halogens is 1. The zero-order valence-electron chi connectivity index (χ0n) is 30.7. The van der Waals surface area contributed by atoms with Gasteiger partial charge in [-0.15, -0.1) is 22.7 Å². The van der Waals surface area contributed by atoms with Gasteiger partial charge in [0.25, 0.3) is 11.8 Å². The van der Waals surface area contributed by atoms with Crippen molar-refractivity contribution < 1.29 is 9.59 Å². The average molecular weight is 812 g/mol. The summed E-state index contributed by atoms with van der Waals surface area (Å²) in [5, 5.41) is 10.3. The molecule has 8 nitrogen and oxygen atoms in total. The fourth-order valence-electron chi connectivity index (χ4n) is 6.56. The highest BCUT2D eigenvalue weighted by Gasteiger charge is 2.29. The molecule has 4 aromatic carbocycles. The number of carbonyl (C=O) groups is 2. The SMILES string of the molecule is Brc1csc2ccccc12.CN(C)C1CCN(C(=O)c2ccc(N)cc2)C1.CN(C)C1CCN(C(=O)c2ccc(Nc3csc4ccccc34)cc2)C1. The lowest BCUT2D eigenvalue weighted by molar-refractivity contribution is 0.0775. The number of benzene rings is 4. The molecule has 2 unspecified atom stereocenters. The van der Waals surface area contributed by atoms with Crippen molar-refractivity contribution in [3.8, 4) is 0 Å². The van der Waals surface area contributed by atoms with Gasteiger partial charge in [-0.2, -0.15) is 0 Å². The molecule has 2 atom stereocenters. The molecule has 2 aromatic heterocycles. The molecular formula is C42H47BrN6O2S2. The van der Waals surface area contributed by atoms with Crippen LogP contribution in [-0.2, 0) is 0 Å². The van der Waals surface area contributed by atoms with Gasteiger partial charge >= 0.3 is 0 Å². The summed E-state index contributed by atoms with van der Waals surface area (Å²) in [7, 11) is 8.27. The normalized spacial score (nSPS) is 16.8. The van der Waals surface area contributed by atoms with Crippen molar-refractivity contribution >= 4 is 87.7 Å². The van der Waals surface area contributed by atoms with Gasteiger partial charge in [-0.3, -0.25) is 9.59 Å². The van der Waals surface area contributed by atoms with Crippen molar-refractivity contribution in [2.45, 2.75) is 24.9 Å². The van der Waals surface area contributed by atoms with Crippen LogP contribution in [0.15, 0.2) is 112 Å². The van der Waals surface area contributed by atoms with E-state index in [-0.39, 0.29) is 11.8 Å². The van der Waals surface area contributed by atoms with Crippen LogP contribution in [0.4, 0.5) is 17.1 Å². The highest BCUT2D eigenvalue weighted by Crippen LogP contribution is 2.32. The summed E-state index contributed by atoms with van der Waals surface area (Å²) in [6.07, 6.45) is 2.09. The number of nitrogens with zero attached hydrogens (tertiary/aromatic N) is 4. The van der Waals surface area contributed by atoms with Crippen LogP contribution in [0, 0.1) is 0 Å². The van der Waals surface area contributed by atoms with Gasteiger partial charge in [-0.05, 0) is 118 Å². The first kappa shape index (κ1) is 38.5. The van der Waals surface area contributed by atoms with Gasteiger partial charge in [0.2, 0.25) is 0 Å². The van der Waals surface area contributed by atoms with Gasteiger partial charge in [0.05, 0.1) is 5.69 Å². The molecule has 0 spiro atoms. The van der Waals surface area contributed by atoms with Crippen molar-refractivity contribution in [2.24, 2.45) is 0 Å². The number of hydrogen-bond acceptors (Lipinski definition) is 8. The molecular weight excluding hydrogens is 765 g/mol. The van der Waals surface area contributed by atoms with Crippen LogP contribution in [0.2, 0.25) is 0 Å². The minimum absolute atomic E-state index is 0.106. The van der Waals surface area contributed by atoms with E-state index in [0.717, 1.165) is 61.5 Å². The Labute approximate surface area is 328 Å². The van der Waals surface area contributed by atoms with Crippen LogP contribution in [0.25, 0.3) is 20.2 Å². The highest BCUT2D eigenvalue weighted by atomic mass is 79.9. The molecule has 2 saturated heterocycles. The summed E-state index contributed by atoms with van der Waals surface area (Å²) < 4.78 is 3.81. The van der Waals surface area contributed by atoms with Gasteiger partial charge in [0.15, 0.2) is 0 Å². The second-order valence-corrected chi connectivity index (χ2v) is 16.5. The maximum atomic E-state index is 12.7. The van der Waals surface area contributed by atoms with E-state index in [1.807, 2.05) is 34.1 Å². The fourth-order valence-corrected chi connectivity index (χ4v) is 9.03. The standard InChI is InChI=1S/C21H23N3OS.C13H19N3O.C8H5BrS/c1-23(2)17-11-12-24(13-17)21(25)15-7-9-16(10-8-15)22-19-14-26-20-6-4-3-5-18(19)20;1-15(2)12-7-8-16(9-12)13(17)10-3-5-11(14)6-4-10;9-7-5-10-8-4-2-1-3-6(7)8/h3-10,14,17,22H,11-13H2,1-2H3;3-6,12H,7-9,14H2,1-2H3;1-5H.